The number of carbonyl (C=O) groups excluding carboxylic acids is 1. The van der Waals surface area contributed by atoms with Crippen molar-refractivity contribution in [2.45, 2.75) is 32.7 Å². The van der Waals surface area contributed by atoms with Crippen molar-refractivity contribution in [3.05, 3.63) is 34.6 Å². The number of carbonyl (C=O) groups is 2. The van der Waals surface area contributed by atoms with E-state index >= 15 is 0 Å². The van der Waals surface area contributed by atoms with Gasteiger partial charge in [0, 0.05) is 30.1 Å². The molecule has 0 bridgehead atoms. The van der Waals surface area contributed by atoms with E-state index in [1.807, 2.05) is 6.92 Å². The standard InChI is InChI=1S/C15H20ClFN2O3/c1-2-9-19(15(22)18-8-4-7-14(20)21)10-11-12(16)5-3-6-13(11)17/h3,5-6H,2,4,7-10H2,1H3,(H,18,22)(H,20,21). The molecule has 0 aliphatic heterocycles. The summed E-state index contributed by atoms with van der Waals surface area (Å²) in [4.78, 5) is 24.0. The van der Waals surface area contributed by atoms with Crippen molar-refractivity contribution in [3.63, 3.8) is 0 Å². The summed E-state index contributed by atoms with van der Waals surface area (Å²) in [5, 5.41) is 11.5. The van der Waals surface area contributed by atoms with Crippen molar-refractivity contribution in [3.8, 4) is 0 Å². The van der Waals surface area contributed by atoms with E-state index in [1.54, 1.807) is 6.07 Å². The third kappa shape index (κ3) is 5.89. The van der Waals surface area contributed by atoms with Crippen LogP contribution in [0.1, 0.15) is 31.7 Å². The Kier molecular flexibility index (Phi) is 7.66. The average Bonchev–Trinajstić information content (AvgIpc) is 2.46. The monoisotopic (exact) mass is 330 g/mol. The van der Waals surface area contributed by atoms with Crippen molar-refractivity contribution in [1.82, 2.24) is 10.2 Å². The van der Waals surface area contributed by atoms with Crippen LogP contribution in [0.15, 0.2) is 18.2 Å². The Morgan fingerprint density at radius 3 is 2.73 bits per heavy atom. The van der Waals surface area contributed by atoms with Gasteiger partial charge in [-0.15, -0.1) is 0 Å². The van der Waals surface area contributed by atoms with E-state index in [0.717, 1.165) is 0 Å². The number of aliphatic carboxylic acids is 1. The molecule has 0 fully saturated rings. The summed E-state index contributed by atoms with van der Waals surface area (Å²) in [5.74, 6) is -1.36. The van der Waals surface area contributed by atoms with Crippen LogP contribution in [-0.4, -0.2) is 35.1 Å². The van der Waals surface area contributed by atoms with Crippen molar-refractivity contribution >= 4 is 23.6 Å². The second-order valence-corrected chi connectivity index (χ2v) is 5.26. The van der Waals surface area contributed by atoms with Gasteiger partial charge in [-0.1, -0.05) is 24.6 Å². The van der Waals surface area contributed by atoms with Gasteiger partial charge in [-0.2, -0.15) is 0 Å². The first-order valence-corrected chi connectivity index (χ1v) is 7.51. The maximum atomic E-state index is 13.8. The fourth-order valence-corrected chi connectivity index (χ4v) is 2.17. The summed E-state index contributed by atoms with van der Waals surface area (Å²) in [6.07, 6.45) is 1.06. The fourth-order valence-electron chi connectivity index (χ4n) is 1.94. The average molecular weight is 331 g/mol. The Bertz CT molecular complexity index is 505. The Morgan fingerprint density at radius 2 is 2.14 bits per heavy atom. The normalized spacial score (nSPS) is 10.3. The zero-order chi connectivity index (χ0) is 16.5. The van der Waals surface area contributed by atoms with Crippen LogP contribution in [0.25, 0.3) is 0 Å². The molecule has 0 saturated carbocycles. The van der Waals surface area contributed by atoms with Crippen LogP contribution in [0.5, 0.6) is 0 Å². The summed E-state index contributed by atoms with van der Waals surface area (Å²) in [6.45, 7) is 2.70. The molecule has 1 rings (SSSR count). The first-order chi connectivity index (χ1) is 10.5. The van der Waals surface area contributed by atoms with E-state index in [2.05, 4.69) is 5.32 Å². The second-order valence-electron chi connectivity index (χ2n) is 4.85. The van der Waals surface area contributed by atoms with Crippen molar-refractivity contribution in [1.29, 1.82) is 0 Å². The number of nitrogens with zero attached hydrogens (tertiary/aromatic N) is 1. The van der Waals surface area contributed by atoms with E-state index in [0.29, 0.717) is 19.4 Å². The third-order valence-corrected chi connectivity index (χ3v) is 3.39. The largest absolute Gasteiger partial charge is 0.481 e. The van der Waals surface area contributed by atoms with Crippen LogP contribution in [0.2, 0.25) is 5.02 Å². The highest BCUT2D eigenvalue weighted by atomic mass is 35.5. The van der Waals surface area contributed by atoms with Crippen LogP contribution in [0, 0.1) is 5.82 Å². The van der Waals surface area contributed by atoms with Crippen LogP contribution >= 0.6 is 11.6 Å². The Hall–Kier alpha value is -1.82. The van der Waals surface area contributed by atoms with Gasteiger partial charge in [0.25, 0.3) is 0 Å². The smallest absolute Gasteiger partial charge is 0.317 e. The summed E-state index contributed by atoms with van der Waals surface area (Å²) in [6, 6.07) is 4.04. The molecule has 1 aromatic carbocycles. The van der Waals surface area contributed by atoms with Crippen molar-refractivity contribution in [2.75, 3.05) is 13.1 Å². The highest BCUT2D eigenvalue weighted by Gasteiger charge is 2.16. The Morgan fingerprint density at radius 1 is 1.41 bits per heavy atom. The number of hydrogen-bond acceptors (Lipinski definition) is 2. The number of carboxylic acids is 1. The van der Waals surface area contributed by atoms with Crippen LogP contribution < -0.4 is 5.32 Å². The molecule has 7 heteroatoms. The molecule has 0 spiro atoms. The Labute approximate surface area is 134 Å². The molecule has 5 nitrogen and oxygen atoms in total. The third-order valence-electron chi connectivity index (χ3n) is 3.04. The van der Waals surface area contributed by atoms with Gasteiger partial charge in [-0.3, -0.25) is 4.79 Å². The molecule has 122 valence electrons. The predicted molar refractivity (Wildman–Crippen MR) is 82.4 cm³/mol. The minimum atomic E-state index is -0.905. The van der Waals surface area contributed by atoms with Crippen LogP contribution in [0.4, 0.5) is 9.18 Å². The van der Waals surface area contributed by atoms with Crippen LogP contribution in [0.3, 0.4) is 0 Å². The number of urea groups is 1. The Balaban J connectivity index is 2.64. The predicted octanol–water partition coefficient (Wildman–Crippen LogP) is 3.27. The highest BCUT2D eigenvalue weighted by Crippen LogP contribution is 2.20. The highest BCUT2D eigenvalue weighted by molar-refractivity contribution is 6.31. The number of halogens is 2. The van der Waals surface area contributed by atoms with Gasteiger partial charge in [-0.25, -0.2) is 9.18 Å². The van der Waals surface area contributed by atoms with Gasteiger partial charge < -0.3 is 15.3 Å². The molecule has 2 amide bonds. The lowest BCUT2D eigenvalue weighted by atomic mass is 10.2. The minimum Gasteiger partial charge on any atom is -0.481 e. The molecular formula is C15H20ClFN2O3. The molecule has 2 N–H and O–H groups in total. The molecule has 0 aliphatic carbocycles. The summed E-state index contributed by atoms with van der Waals surface area (Å²) >= 11 is 5.98. The molecule has 0 saturated heterocycles. The van der Waals surface area contributed by atoms with E-state index in [9.17, 15) is 14.0 Å². The molecule has 0 atom stereocenters. The second kappa shape index (κ2) is 9.25. The van der Waals surface area contributed by atoms with Crippen molar-refractivity contribution in [2.24, 2.45) is 0 Å². The summed E-state index contributed by atoms with van der Waals surface area (Å²) < 4.78 is 13.8. The van der Waals surface area contributed by atoms with E-state index in [-0.39, 0.29) is 36.1 Å². The molecule has 1 aromatic rings. The minimum absolute atomic E-state index is 0.00675. The lowest BCUT2D eigenvalue weighted by Crippen LogP contribution is -2.40. The van der Waals surface area contributed by atoms with Gasteiger partial charge in [0.2, 0.25) is 0 Å². The van der Waals surface area contributed by atoms with Gasteiger partial charge in [0.05, 0.1) is 6.54 Å². The van der Waals surface area contributed by atoms with Gasteiger partial charge in [-0.05, 0) is 25.0 Å². The number of rotatable bonds is 8. The van der Waals surface area contributed by atoms with E-state index in [1.165, 1.54) is 17.0 Å². The molecule has 0 aromatic heterocycles. The molecule has 0 aliphatic rings. The SMILES string of the molecule is CCCN(Cc1c(F)cccc1Cl)C(=O)NCCCC(=O)O. The number of hydrogen-bond donors (Lipinski definition) is 2. The first kappa shape index (κ1) is 18.2. The van der Waals surface area contributed by atoms with Gasteiger partial charge in [0.1, 0.15) is 5.82 Å². The zero-order valence-electron chi connectivity index (χ0n) is 12.4. The lowest BCUT2D eigenvalue weighted by molar-refractivity contribution is -0.137. The first-order valence-electron chi connectivity index (χ1n) is 7.13. The van der Waals surface area contributed by atoms with Crippen LogP contribution in [-0.2, 0) is 11.3 Å². The van der Waals surface area contributed by atoms with Crippen molar-refractivity contribution < 1.29 is 19.1 Å². The fraction of sp³-hybridized carbons (Fsp3) is 0.467. The number of carboxylic acid groups (broad SMARTS) is 1. The molecule has 0 heterocycles. The zero-order valence-corrected chi connectivity index (χ0v) is 13.2. The molecule has 0 unspecified atom stereocenters. The quantitative estimate of drug-likeness (QED) is 0.719. The number of amides is 2. The molecular weight excluding hydrogens is 311 g/mol. The maximum absolute atomic E-state index is 13.8. The van der Waals surface area contributed by atoms with Gasteiger partial charge in [0.15, 0.2) is 0 Å². The van der Waals surface area contributed by atoms with Gasteiger partial charge >= 0.3 is 12.0 Å². The molecule has 22 heavy (non-hydrogen) atoms. The topological polar surface area (TPSA) is 69.6 Å². The number of nitrogens with one attached hydrogen (secondary N) is 1. The summed E-state index contributed by atoms with van der Waals surface area (Å²) in [5.41, 5.74) is 0.276. The van der Waals surface area contributed by atoms with E-state index < -0.39 is 11.8 Å². The lowest BCUT2D eigenvalue weighted by Gasteiger charge is -2.23. The number of benzene rings is 1. The maximum Gasteiger partial charge on any atom is 0.317 e. The van der Waals surface area contributed by atoms with E-state index in [4.69, 9.17) is 16.7 Å². The molecule has 0 radical (unpaired) electrons. The summed E-state index contributed by atoms with van der Waals surface area (Å²) in [7, 11) is 0.